The van der Waals surface area contributed by atoms with E-state index in [1.165, 1.54) is 25.0 Å². The van der Waals surface area contributed by atoms with Crippen molar-refractivity contribution in [3.63, 3.8) is 0 Å². The molecule has 1 aliphatic carbocycles. The van der Waals surface area contributed by atoms with Crippen molar-refractivity contribution in [1.82, 2.24) is 9.97 Å². The summed E-state index contributed by atoms with van der Waals surface area (Å²) in [6.07, 6.45) is 5.91. The second-order valence-corrected chi connectivity index (χ2v) is 7.25. The van der Waals surface area contributed by atoms with Gasteiger partial charge in [-0.2, -0.15) is 11.8 Å². The van der Waals surface area contributed by atoms with Crippen LogP contribution in [0.3, 0.4) is 0 Å². The fourth-order valence-electron chi connectivity index (χ4n) is 2.57. The monoisotopic (exact) mass is 343 g/mol. The second-order valence-electron chi connectivity index (χ2n) is 4.92. The lowest BCUT2D eigenvalue weighted by Gasteiger charge is -2.21. The number of hydrogen-bond acceptors (Lipinski definition) is 4. The van der Waals surface area contributed by atoms with Crippen molar-refractivity contribution >= 4 is 33.5 Å². The van der Waals surface area contributed by atoms with Crippen LogP contribution in [-0.4, -0.2) is 27.0 Å². The molecule has 2 atom stereocenters. The summed E-state index contributed by atoms with van der Waals surface area (Å²) >= 11 is 5.55. The molecule has 0 spiro atoms. The Labute approximate surface area is 128 Å². The lowest BCUT2D eigenvalue weighted by atomic mass is 10.2. The molecule has 1 fully saturated rings. The molecule has 0 radical (unpaired) electrons. The van der Waals surface area contributed by atoms with Gasteiger partial charge in [-0.15, -0.1) is 0 Å². The molecule has 0 amide bonds. The molecule has 106 valence electrons. The molecule has 19 heavy (non-hydrogen) atoms. The first-order valence-corrected chi connectivity index (χ1v) is 8.98. The number of nitrogens with zero attached hydrogens (tertiary/aromatic N) is 2. The molecule has 0 bridgehead atoms. The maximum absolute atomic E-state index is 4.62. The summed E-state index contributed by atoms with van der Waals surface area (Å²) in [6.45, 7) is 4.39. The van der Waals surface area contributed by atoms with Crippen LogP contribution in [0.15, 0.2) is 10.7 Å². The smallest absolute Gasteiger partial charge is 0.132 e. The Balaban J connectivity index is 2.05. The molecular weight excluding hydrogens is 322 g/mol. The highest BCUT2D eigenvalue weighted by Gasteiger charge is 2.27. The number of halogens is 1. The van der Waals surface area contributed by atoms with Gasteiger partial charge in [-0.25, -0.2) is 9.97 Å². The molecule has 1 aliphatic rings. The number of nitrogens with one attached hydrogen (secondary N) is 1. The van der Waals surface area contributed by atoms with Gasteiger partial charge in [0.25, 0.3) is 0 Å². The average Bonchev–Trinajstić information content (AvgIpc) is 2.77. The zero-order valence-corrected chi connectivity index (χ0v) is 14.1. The first-order chi connectivity index (χ1) is 9.22. The van der Waals surface area contributed by atoms with Crippen LogP contribution in [0.25, 0.3) is 0 Å². The summed E-state index contributed by atoms with van der Waals surface area (Å²) in [5.74, 6) is 3.09. The molecule has 0 saturated heterocycles. The zero-order chi connectivity index (χ0) is 13.7. The predicted molar refractivity (Wildman–Crippen MR) is 86.9 cm³/mol. The third-order valence-corrected chi connectivity index (χ3v) is 5.11. The van der Waals surface area contributed by atoms with Crippen LogP contribution in [-0.2, 0) is 6.42 Å². The van der Waals surface area contributed by atoms with Crippen molar-refractivity contribution in [2.75, 3.05) is 11.1 Å². The molecule has 2 rings (SSSR count). The van der Waals surface area contributed by atoms with Crippen LogP contribution in [0.1, 0.15) is 45.4 Å². The van der Waals surface area contributed by atoms with Gasteiger partial charge < -0.3 is 5.32 Å². The fraction of sp³-hybridized carbons (Fsp3) is 0.714. The van der Waals surface area contributed by atoms with Crippen molar-refractivity contribution in [3.8, 4) is 0 Å². The van der Waals surface area contributed by atoms with E-state index in [4.69, 9.17) is 0 Å². The number of anilines is 1. The summed E-state index contributed by atoms with van der Waals surface area (Å²) in [5, 5.41) is 4.34. The van der Waals surface area contributed by atoms with Gasteiger partial charge in [-0.3, -0.25) is 0 Å². The van der Waals surface area contributed by atoms with E-state index < -0.39 is 0 Å². The van der Waals surface area contributed by atoms with Crippen LogP contribution in [0.4, 0.5) is 5.82 Å². The van der Waals surface area contributed by atoms with E-state index in [0.29, 0.717) is 6.04 Å². The summed E-state index contributed by atoms with van der Waals surface area (Å²) in [7, 11) is 0. The van der Waals surface area contributed by atoms with Crippen LogP contribution < -0.4 is 5.32 Å². The number of rotatable bonds is 6. The largest absolute Gasteiger partial charge is 0.366 e. The average molecular weight is 344 g/mol. The Hall–Kier alpha value is -0.290. The first-order valence-electron chi connectivity index (χ1n) is 7.14. The van der Waals surface area contributed by atoms with E-state index in [1.54, 1.807) is 0 Å². The molecule has 1 saturated carbocycles. The highest BCUT2D eigenvalue weighted by Crippen LogP contribution is 2.32. The molecule has 2 unspecified atom stereocenters. The Kier molecular flexibility index (Phi) is 5.95. The van der Waals surface area contributed by atoms with Crippen molar-refractivity contribution in [3.05, 3.63) is 16.5 Å². The van der Waals surface area contributed by atoms with E-state index in [0.717, 1.165) is 34.3 Å². The highest BCUT2D eigenvalue weighted by molar-refractivity contribution is 9.10. The Morgan fingerprint density at radius 2 is 2.21 bits per heavy atom. The van der Waals surface area contributed by atoms with Gasteiger partial charge in [-0.1, -0.05) is 20.3 Å². The lowest BCUT2D eigenvalue weighted by Crippen LogP contribution is -2.27. The van der Waals surface area contributed by atoms with E-state index in [1.807, 2.05) is 6.07 Å². The minimum absolute atomic E-state index is 0.557. The standard InChI is InChI=1S/C14H22BrN3S/c1-3-6-13-17-12(15)9-14(18-13)16-10-7-5-8-11(10)19-4-2/h9-11H,3-8H2,1-2H3,(H,16,17,18). The van der Waals surface area contributed by atoms with Gasteiger partial charge in [0.1, 0.15) is 16.2 Å². The molecule has 1 aromatic heterocycles. The van der Waals surface area contributed by atoms with Crippen LogP contribution in [0.2, 0.25) is 0 Å². The van der Waals surface area contributed by atoms with Gasteiger partial charge in [0.15, 0.2) is 0 Å². The molecule has 0 aromatic carbocycles. The summed E-state index contributed by atoms with van der Waals surface area (Å²) in [4.78, 5) is 9.03. The Bertz CT molecular complexity index is 414. The van der Waals surface area contributed by atoms with E-state index >= 15 is 0 Å². The zero-order valence-electron chi connectivity index (χ0n) is 11.7. The van der Waals surface area contributed by atoms with Crippen molar-refractivity contribution in [1.29, 1.82) is 0 Å². The minimum Gasteiger partial charge on any atom is -0.366 e. The molecule has 1 heterocycles. The van der Waals surface area contributed by atoms with Gasteiger partial charge in [0.05, 0.1) is 0 Å². The summed E-state index contributed by atoms with van der Waals surface area (Å²) in [5.41, 5.74) is 0. The molecule has 1 aromatic rings. The molecule has 3 nitrogen and oxygen atoms in total. The predicted octanol–water partition coefficient (Wildman–Crippen LogP) is 4.28. The van der Waals surface area contributed by atoms with Crippen LogP contribution in [0.5, 0.6) is 0 Å². The van der Waals surface area contributed by atoms with Crippen molar-refractivity contribution in [2.24, 2.45) is 0 Å². The Morgan fingerprint density at radius 3 is 2.95 bits per heavy atom. The van der Waals surface area contributed by atoms with E-state index in [-0.39, 0.29) is 0 Å². The second kappa shape index (κ2) is 7.48. The van der Waals surface area contributed by atoms with Crippen LogP contribution in [0, 0.1) is 0 Å². The normalized spacial score (nSPS) is 22.7. The topological polar surface area (TPSA) is 37.8 Å². The van der Waals surface area contributed by atoms with Gasteiger partial charge in [0.2, 0.25) is 0 Å². The molecule has 0 aliphatic heterocycles. The van der Waals surface area contributed by atoms with Crippen molar-refractivity contribution < 1.29 is 0 Å². The van der Waals surface area contributed by atoms with Gasteiger partial charge >= 0.3 is 0 Å². The highest BCUT2D eigenvalue weighted by atomic mass is 79.9. The third kappa shape index (κ3) is 4.35. The van der Waals surface area contributed by atoms with E-state index in [2.05, 4.69) is 56.8 Å². The fourth-order valence-corrected chi connectivity index (χ4v) is 4.19. The number of thioether (sulfide) groups is 1. The molecule has 5 heteroatoms. The molecular formula is C14H22BrN3S. The third-order valence-electron chi connectivity index (χ3n) is 3.38. The minimum atomic E-state index is 0.557. The SMILES string of the molecule is CCCc1nc(Br)cc(NC2CCCC2SCC)n1. The number of aromatic nitrogens is 2. The van der Waals surface area contributed by atoms with Crippen molar-refractivity contribution in [2.45, 2.75) is 57.2 Å². The molecule has 1 N–H and O–H groups in total. The maximum atomic E-state index is 4.62. The Morgan fingerprint density at radius 1 is 1.37 bits per heavy atom. The number of aryl methyl sites for hydroxylation is 1. The maximum Gasteiger partial charge on any atom is 0.132 e. The van der Waals surface area contributed by atoms with Crippen LogP contribution >= 0.6 is 27.7 Å². The van der Waals surface area contributed by atoms with Gasteiger partial charge in [-0.05, 0) is 40.9 Å². The number of hydrogen-bond donors (Lipinski definition) is 1. The quantitative estimate of drug-likeness (QED) is 0.782. The summed E-state index contributed by atoms with van der Waals surface area (Å²) in [6, 6.07) is 2.55. The first kappa shape index (κ1) is 15.1. The van der Waals surface area contributed by atoms with Gasteiger partial charge in [0, 0.05) is 23.8 Å². The lowest BCUT2D eigenvalue weighted by molar-refractivity contribution is 0.754. The van der Waals surface area contributed by atoms with E-state index in [9.17, 15) is 0 Å². The summed E-state index contributed by atoms with van der Waals surface area (Å²) < 4.78 is 0.881.